The third-order valence-electron chi connectivity index (χ3n) is 3.47. The molecule has 1 aromatic carbocycles. The Hall–Kier alpha value is -1.51. The Balaban J connectivity index is 2.37. The predicted molar refractivity (Wildman–Crippen MR) is 69.8 cm³/mol. The number of hydrogen-bond acceptors (Lipinski definition) is 2. The maximum absolute atomic E-state index is 11.3. The highest BCUT2D eigenvalue weighted by molar-refractivity contribution is 5.86. The van der Waals surface area contributed by atoms with Crippen LogP contribution in [-0.2, 0) is 16.6 Å². The number of aromatic hydroxyl groups is 1. The minimum absolute atomic E-state index is 0.104. The lowest BCUT2D eigenvalue weighted by atomic mass is 9.85. The van der Waals surface area contributed by atoms with Crippen LogP contribution in [0.3, 0.4) is 0 Å². The van der Waals surface area contributed by atoms with Gasteiger partial charge in [0.15, 0.2) is 0 Å². The van der Waals surface area contributed by atoms with E-state index in [1.807, 2.05) is 12.1 Å². The van der Waals surface area contributed by atoms with Gasteiger partial charge in [0.2, 0.25) is 0 Å². The molecule has 1 aliphatic rings. The summed E-state index contributed by atoms with van der Waals surface area (Å²) in [7, 11) is 0. The summed E-state index contributed by atoms with van der Waals surface area (Å²) in [6.07, 6.45) is 2.11. The smallest absolute Gasteiger partial charge is 0.314 e. The monoisotopic (exact) mass is 248 g/mol. The molecule has 0 aliphatic heterocycles. The van der Waals surface area contributed by atoms with E-state index in [1.165, 1.54) is 0 Å². The molecule has 2 rings (SSSR count). The molecule has 18 heavy (non-hydrogen) atoms. The first-order valence-corrected chi connectivity index (χ1v) is 6.30. The van der Waals surface area contributed by atoms with Crippen molar-refractivity contribution in [2.24, 2.45) is 5.41 Å². The van der Waals surface area contributed by atoms with Crippen molar-refractivity contribution >= 4 is 5.97 Å². The Bertz CT molecular complexity index is 479. The highest BCUT2D eigenvalue weighted by Gasteiger charge is 2.53. The molecule has 0 radical (unpaired) electrons. The van der Waals surface area contributed by atoms with Gasteiger partial charge in [-0.15, -0.1) is 0 Å². The van der Waals surface area contributed by atoms with Crippen molar-refractivity contribution in [1.82, 2.24) is 0 Å². The first kappa shape index (κ1) is 12.9. The lowest BCUT2D eigenvalue weighted by molar-refractivity contribution is -0.140. The lowest BCUT2D eigenvalue weighted by Gasteiger charge is -2.20. The van der Waals surface area contributed by atoms with Crippen LogP contribution in [0.2, 0.25) is 0 Å². The van der Waals surface area contributed by atoms with Crippen LogP contribution in [-0.4, -0.2) is 16.2 Å². The zero-order valence-electron chi connectivity index (χ0n) is 11.2. The predicted octanol–water partition coefficient (Wildman–Crippen LogP) is 3.10. The Morgan fingerprint density at radius 1 is 1.33 bits per heavy atom. The van der Waals surface area contributed by atoms with E-state index in [9.17, 15) is 15.0 Å². The zero-order valence-corrected chi connectivity index (χ0v) is 11.2. The van der Waals surface area contributed by atoms with E-state index in [0.29, 0.717) is 18.4 Å². The van der Waals surface area contributed by atoms with Crippen molar-refractivity contribution in [3.05, 3.63) is 29.3 Å². The van der Waals surface area contributed by atoms with Crippen molar-refractivity contribution in [3.8, 4) is 5.75 Å². The molecule has 0 atom stereocenters. The average molecular weight is 248 g/mol. The van der Waals surface area contributed by atoms with Crippen LogP contribution in [0.1, 0.15) is 44.7 Å². The molecule has 98 valence electrons. The van der Waals surface area contributed by atoms with Crippen LogP contribution < -0.4 is 0 Å². The molecule has 0 spiro atoms. The van der Waals surface area contributed by atoms with Gasteiger partial charge < -0.3 is 10.2 Å². The molecule has 0 aromatic heterocycles. The molecule has 1 fully saturated rings. The molecule has 0 amide bonds. The second-order valence-corrected chi connectivity index (χ2v) is 6.48. The Morgan fingerprint density at radius 2 is 1.94 bits per heavy atom. The first-order chi connectivity index (χ1) is 8.24. The maximum Gasteiger partial charge on any atom is 0.314 e. The van der Waals surface area contributed by atoms with Crippen molar-refractivity contribution in [2.75, 3.05) is 0 Å². The van der Waals surface area contributed by atoms with Crippen molar-refractivity contribution in [1.29, 1.82) is 0 Å². The Morgan fingerprint density at radius 3 is 2.39 bits per heavy atom. The maximum atomic E-state index is 11.3. The fourth-order valence-corrected chi connectivity index (χ4v) is 2.41. The van der Waals surface area contributed by atoms with Crippen molar-refractivity contribution < 1.29 is 15.0 Å². The van der Waals surface area contributed by atoms with Gasteiger partial charge in [0, 0.05) is 5.56 Å². The zero-order chi connectivity index (χ0) is 13.6. The highest BCUT2D eigenvalue weighted by Crippen LogP contribution is 2.51. The summed E-state index contributed by atoms with van der Waals surface area (Å²) >= 11 is 0. The fraction of sp³-hybridized carbons (Fsp3) is 0.533. The van der Waals surface area contributed by atoms with Crippen LogP contribution in [0.5, 0.6) is 5.75 Å². The van der Waals surface area contributed by atoms with Crippen LogP contribution in [0.15, 0.2) is 18.2 Å². The van der Waals surface area contributed by atoms with Gasteiger partial charge in [0.25, 0.3) is 0 Å². The lowest BCUT2D eigenvalue weighted by Crippen LogP contribution is -2.20. The van der Waals surface area contributed by atoms with Gasteiger partial charge in [-0.1, -0.05) is 32.9 Å². The molecule has 1 aliphatic carbocycles. The first-order valence-electron chi connectivity index (χ1n) is 6.30. The van der Waals surface area contributed by atoms with Gasteiger partial charge in [-0.05, 0) is 36.3 Å². The molecule has 1 aromatic rings. The topological polar surface area (TPSA) is 57.5 Å². The molecule has 3 nitrogen and oxygen atoms in total. The normalized spacial score (nSPS) is 17.5. The summed E-state index contributed by atoms with van der Waals surface area (Å²) in [5, 5.41) is 19.2. The van der Waals surface area contributed by atoms with Gasteiger partial charge >= 0.3 is 5.97 Å². The summed E-state index contributed by atoms with van der Waals surface area (Å²) in [6, 6.07) is 5.36. The Labute approximate surface area is 107 Å². The largest absolute Gasteiger partial charge is 0.508 e. The summed E-state index contributed by atoms with van der Waals surface area (Å²) in [5.41, 5.74) is 0.978. The quantitative estimate of drug-likeness (QED) is 0.864. The summed E-state index contributed by atoms with van der Waals surface area (Å²) in [5.74, 6) is -0.724. The Kier molecular flexibility index (Phi) is 2.88. The van der Waals surface area contributed by atoms with Gasteiger partial charge in [0.1, 0.15) is 5.75 Å². The number of carboxylic acids is 1. The van der Waals surface area contributed by atoms with E-state index in [4.69, 9.17) is 0 Å². The van der Waals surface area contributed by atoms with E-state index < -0.39 is 11.4 Å². The third kappa shape index (κ3) is 2.35. The molecular formula is C15H20O3. The van der Waals surface area contributed by atoms with Crippen LogP contribution >= 0.6 is 0 Å². The average Bonchev–Trinajstić information content (AvgIpc) is 2.99. The number of phenolic OH excluding ortho intramolecular Hbond substituents is 1. The van der Waals surface area contributed by atoms with Crippen molar-refractivity contribution in [3.63, 3.8) is 0 Å². The molecule has 1 saturated carbocycles. The number of benzene rings is 1. The number of carbonyl (C=O) groups is 1. The standard InChI is InChI=1S/C15H20O3/c1-14(2,3)9-10-4-5-12(16)11(8-10)15(6-7-15)13(17)18/h4-5,8,16H,6-7,9H2,1-3H3,(H,17,18). The SMILES string of the molecule is CC(C)(C)Cc1ccc(O)c(C2(C(=O)O)CC2)c1. The molecule has 0 heterocycles. The van der Waals surface area contributed by atoms with E-state index in [1.54, 1.807) is 6.07 Å². The van der Waals surface area contributed by atoms with E-state index in [0.717, 1.165) is 12.0 Å². The molecule has 2 N–H and O–H groups in total. The minimum Gasteiger partial charge on any atom is -0.508 e. The molecule has 0 bridgehead atoms. The highest BCUT2D eigenvalue weighted by atomic mass is 16.4. The van der Waals surface area contributed by atoms with E-state index >= 15 is 0 Å². The number of phenols is 1. The van der Waals surface area contributed by atoms with Crippen LogP contribution in [0.25, 0.3) is 0 Å². The molecule has 3 heteroatoms. The second kappa shape index (κ2) is 4.01. The minimum atomic E-state index is -0.835. The summed E-state index contributed by atoms with van der Waals surface area (Å²) in [6.45, 7) is 6.43. The molecule has 0 saturated heterocycles. The van der Waals surface area contributed by atoms with Gasteiger partial charge in [-0.3, -0.25) is 4.79 Å². The molecule has 0 unspecified atom stereocenters. The van der Waals surface area contributed by atoms with Crippen LogP contribution in [0, 0.1) is 5.41 Å². The summed E-state index contributed by atoms with van der Waals surface area (Å²) < 4.78 is 0. The number of carboxylic acid groups (broad SMARTS) is 1. The van der Waals surface area contributed by atoms with Crippen molar-refractivity contribution in [2.45, 2.75) is 45.4 Å². The third-order valence-corrected chi connectivity index (χ3v) is 3.47. The number of aliphatic carboxylic acids is 1. The molecular weight excluding hydrogens is 228 g/mol. The van der Waals surface area contributed by atoms with Gasteiger partial charge in [-0.2, -0.15) is 0 Å². The summed E-state index contributed by atoms with van der Waals surface area (Å²) in [4.78, 5) is 11.3. The van der Waals surface area contributed by atoms with E-state index in [2.05, 4.69) is 20.8 Å². The second-order valence-electron chi connectivity index (χ2n) is 6.48. The van der Waals surface area contributed by atoms with Crippen LogP contribution in [0.4, 0.5) is 0 Å². The number of rotatable bonds is 3. The van der Waals surface area contributed by atoms with E-state index in [-0.39, 0.29) is 11.2 Å². The number of hydrogen-bond donors (Lipinski definition) is 2. The fourth-order valence-electron chi connectivity index (χ4n) is 2.41. The van der Waals surface area contributed by atoms with Gasteiger partial charge in [-0.25, -0.2) is 0 Å². The van der Waals surface area contributed by atoms with Gasteiger partial charge in [0.05, 0.1) is 5.41 Å².